The van der Waals surface area contributed by atoms with Crippen molar-refractivity contribution in [1.82, 2.24) is 0 Å². The second kappa shape index (κ2) is 14.4. The van der Waals surface area contributed by atoms with Crippen molar-refractivity contribution in [1.29, 1.82) is 0 Å². The second-order valence-electron chi connectivity index (χ2n) is 9.14. The topological polar surface area (TPSA) is 85.9 Å². The van der Waals surface area contributed by atoms with E-state index in [0.29, 0.717) is 29.8 Å². The zero-order chi connectivity index (χ0) is 28.2. The lowest BCUT2D eigenvalue weighted by atomic mass is 10.00. The van der Waals surface area contributed by atoms with E-state index >= 15 is 0 Å². The number of methoxy groups -OCH3 is 2. The third-order valence-corrected chi connectivity index (χ3v) is 6.40. The highest BCUT2D eigenvalue weighted by molar-refractivity contribution is 6.12. The summed E-state index contributed by atoms with van der Waals surface area (Å²) in [7, 11) is 3.01. The molecule has 0 radical (unpaired) electrons. The summed E-state index contributed by atoms with van der Waals surface area (Å²) in [5.74, 6) is 1.03. The average molecular weight is 539 g/mol. The number of benzene rings is 4. The molecule has 0 aliphatic carbocycles. The van der Waals surface area contributed by atoms with Crippen molar-refractivity contribution in [3.8, 4) is 11.5 Å². The molecule has 4 aromatic carbocycles. The molecule has 1 unspecified atom stereocenters. The van der Waals surface area contributed by atoms with Crippen LogP contribution < -0.4 is 20.1 Å². The molecule has 4 aromatic rings. The maximum Gasteiger partial charge on any atom is 0.328 e. The Morgan fingerprint density at radius 2 is 1.45 bits per heavy atom. The number of ketones is 1. The average Bonchev–Trinajstić information content (AvgIpc) is 3.01. The first-order valence-corrected chi connectivity index (χ1v) is 13.2. The number of anilines is 2. The van der Waals surface area contributed by atoms with Gasteiger partial charge in [0.05, 0.1) is 26.5 Å². The summed E-state index contributed by atoms with van der Waals surface area (Å²) in [5.41, 5.74) is 3.53. The van der Waals surface area contributed by atoms with Gasteiger partial charge in [0.25, 0.3) is 0 Å². The number of rotatable bonds is 14. The third-order valence-electron chi connectivity index (χ3n) is 6.40. The van der Waals surface area contributed by atoms with Gasteiger partial charge in [0.15, 0.2) is 5.78 Å². The molecule has 0 heterocycles. The fraction of sp³-hybridized carbons (Fsp3) is 0.212. The van der Waals surface area contributed by atoms with Crippen LogP contribution in [0.5, 0.6) is 11.5 Å². The Morgan fingerprint density at radius 3 is 2.17 bits per heavy atom. The first kappa shape index (κ1) is 28.2. The van der Waals surface area contributed by atoms with Gasteiger partial charge in [-0.15, -0.1) is 0 Å². The highest BCUT2D eigenvalue weighted by Gasteiger charge is 2.22. The molecule has 4 rings (SSSR count). The lowest BCUT2D eigenvalue weighted by Gasteiger charge is -2.20. The lowest BCUT2D eigenvalue weighted by molar-refractivity contribution is -0.141. The predicted molar refractivity (Wildman–Crippen MR) is 157 cm³/mol. The monoisotopic (exact) mass is 538 g/mol. The van der Waals surface area contributed by atoms with Crippen molar-refractivity contribution in [3.05, 3.63) is 120 Å². The van der Waals surface area contributed by atoms with Gasteiger partial charge >= 0.3 is 5.97 Å². The number of ether oxygens (including phenoxy) is 3. The zero-order valence-corrected chi connectivity index (χ0v) is 22.8. The van der Waals surface area contributed by atoms with Gasteiger partial charge in [-0.25, -0.2) is 4.79 Å². The van der Waals surface area contributed by atoms with Crippen LogP contribution in [-0.2, 0) is 16.0 Å². The Bertz CT molecular complexity index is 1390. The van der Waals surface area contributed by atoms with Crippen LogP contribution in [0.15, 0.2) is 103 Å². The molecule has 0 spiro atoms. The van der Waals surface area contributed by atoms with Crippen LogP contribution in [-0.4, -0.2) is 45.2 Å². The number of carbonyl (C=O) groups is 2. The van der Waals surface area contributed by atoms with Gasteiger partial charge in [-0.1, -0.05) is 66.7 Å². The van der Waals surface area contributed by atoms with Gasteiger partial charge in [-0.3, -0.25) is 4.79 Å². The number of nitrogens with one attached hydrogen (secondary N) is 2. The smallest absolute Gasteiger partial charge is 0.328 e. The molecule has 40 heavy (non-hydrogen) atoms. The number of hydrogen-bond acceptors (Lipinski definition) is 7. The number of para-hydroxylation sites is 3. The van der Waals surface area contributed by atoms with E-state index < -0.39 is 12.0 Å². The minimum atomic E-state index is -0.678. The number of hydrogen-bond donors (Lipinski definition) is 2. The molecule has 0 saturated carbocycles. The molecule has 1 atom stereocenters. The number of esters is 1. The van der Waals surface area contributed by atoms with Crippen molar-refractivity contribution >= 4 is 23.1 Å². The largest absolute Gasteiger partial charge is 0.495 e. The van der Waals surface area contributed by atoms with Crippen molar-refractivity contribution in [2.45, 2.75) is 18.9 Å². The second-order valence-corrected chi connectivity index (χ2v) is 9.14. The Kier molecular flexibility index (Phi) is 10.2. The Labute approximate surface area is 235 Å². The maximum absolute atomic E-state index is 13.1. The molecule has 0 fully saturated rings. The standard InChI is InChI=1S/C33H34N2O5/c1-38-31-16-9-8-15-29(31)34-21-10-22-40-26-19-17-24(18-20-26)23-30(33(37)39-2)35-28-14-7-6-13-27(28)32(36)25-11-4-3-5-12-25/h3-9,11-20,30,34-35H,10,21-23H2,1-2H3. The highest BCUT2D eigenvalue weighted by Crippen LogP contribution is 2.24. The van der Waals surface area contributed by atoms with E-state index in [1.807, 2.05) is 78.9 Å². The summed E-state index contributed by atoms with van der Waals surface area (Å²) in [6.45, 7) is 1.30. The molecule has 7 nitrogen and oxygen atoms in total. The quantitative estimate of drug-likeness (QED) is 0.116. The molecular weight excluding hydrogens is 504 g/mol. The third kappa shape index (κ3) is 7.63. The molecule has 7 heteroatoms. The molecule has 0 aliphatic rings. The minimum absolute atomic E-state index is 0.119. The summed E-state index contributed by atoms with van der Waals surface area (Å²) in [5, 5.41) is 6.60. The molecule has 2 N–H and O–H groups in total. The first-order chi connectivity index (χ1) is 19.6. The molecule has 0 amide bonds. The Hall–Kier alpha value is -4.78. The van der Waals surface area contributed by atoms with Gasteiger partial charge in [0, 0.05) is 29.8 Å². The predicted octanol–water partition coefficient (Wildman–Crippen LogP) is 6.00. The van der Waals surface area contributed by atoms with Gasteiger partial charge in [-0.2, -0.15) is 0 Å². The fourth-order valence-corrected chi connectivity index (χ4v) is 4.31. The van der Waals surface area contributed by atoms with Crippen LogP contribution in [0, 0.1) is 0 Å². The molecule has 0 aromatic heterocycles. The zero-order valence-electron chi connectivity index (χ0n) is 22.8. The summed E-state index contributed by atoms with van der Waals surface area (Å²) in [6.07, 6.45) is 1.19. The van der Waals surface area contributed by atoms with E-state index in [9.17, 15) is 9.59 Å². The van der Waals surface area contributed by atoms with E-state index in [4.69, 9.17) is 14.2 Å². The van der Waals surface area contributed by atoms with E-state index in [1.165, 1.54) is 7.11 Å². The summed E-state index contributed by atoms with van der Waals surface area (Å²) in [4.78, 5) is 25.8. The summed E-state index contributed by atoms with van der Waals surface area (Å²) in [6, 6.07) is 31.0. The van der Waals surface area contributed by atoms with Crippen LogP contribution in [0.1, 0.15) is 27.9 Å². The van der Waals surface area contributed by atoms with Gasteiger partial charge < -0.3 is 24.8 Å². The van der Waals surface area contributed by atoms with E-state index in [-0.39, 0.29) is 5.78 Å². The number of carbonyl (C=O) groups excluding carboxylic acids is 2. The van der Waals surface area contributed by atoms with Crippen LogP contribution in [0.4, 0.5) is 11.4 Å². The van der Waals surface area contributed by atoms with Crippen LogP contribution >= 0.6 is 0 Å². The Balaban J connectivity index is 1.34. The molecule has 0 aliphatic heterocycles. The van der Waals surface area contributed by atoms with E-state index in [1.54, 1.807) is 31.4 Å². The van der Waals surface area contributed by atoms with E-state index in [0.717, 1.165) is 35.7 Å². The van der Waals surface area contributed by atoms with Gasteiger partial charge in [-0.05, 0) is 48.4 Å². The fourth-order valence-electron chi connectivity index (χ4n) is 4.31. The summed E-state index contributed by atoms with van der Waals surface area (Å²) >= 11 is 0. The van der Waals surface area contributed by atoms with Gasteiger partial charge in [0.1, 0.15) is 17.5 Å². The SMILES string of the molecule is COC(=O)C(Cc1ccc(OCCCNc2ccccc2OC)cc1)Nc1ccccc1C(=O)c1ccccc1. The first-order valence-electron chi connectivity index (χ1n) is 13.2. The van der Waals surface area contributed by atoms with Crippen LogP contribution in [0.2, 0.25) is 0 Å². The van der Waals surface area contributed by atoms with Crippen molar-refractivity contribution in [2.75, 3.05) is 38.0 Å². The lowest BCUT2D eigenvalue weighted by Crippen LogP contribution is -2.33. The highest BCUT2D eigenvalue weighted by atomic mass is 16.5. The van der Waals surface area contributed by atoms with Crippen molar-refractivity contribution in [3.63, 3.8) is 0 Å². The van der Waals surface area contributed by atoms with Crippen LogP contribution in [0.3, 0.4) is 0 Å². The summed E-state index contributed by atoms with van der Waals surface area (Å²) < 4.78 is 16.3. The van der Waals surface area contributed by atoms with Crippen LogP contribution in [0.25, 0.3) is 0 Å². The molecule has 0 saturated heterocycles. The minimum Gasteiger partial charge on any atom is -0.495 e. The maximum atomic E-state index is 13.1. The van der Waals surface area contributed by atoms with Gasteiger partial charge in [0.2, 0.25) is 0 Å². The normalized spacial score (nSPS) is 11.2. The molecule has 206 valence electrons. The van der Waals surface area contributed by atoms with Crippen molar-refractivity contribution < 1.29 is 23.8 Å². The Morgan fingerprint density at radius 1 is 0.775 bits per heavy atom. The molecule has 0 bridgehead atoms. The molecular formula is C33H34N2O5. The van der Waals surface area contributed by atoms with E-state index in [2.05, 4.69) is 10.6 Å². The van der Waals surface area contributed by atoms with Crippen molar-refractivity contribution in [2.24, 2.45) is 0 Å².